The van der Waals surface area contributed by atoms with Crippen molar-refractivity contribution in [1.29, 1.82) is 0 Å². The first kappa shape index (κ1) is 58.5. The minimum absolute atomic E-state index is 0.0529. The van der Waals surface area contributed by atoms with Crippen LogP contribution in [0.15, 0.2) is 121 Å². The number of hydrogen-bond acceptors (Lipinski definition) is 4. The fraction of sp³-hybridized carbons (Fsp3) is 0.325. The molecule has 10 aromatic carbocycles. The quantitative estimate of drug-likeness (QED) is 0.0664. The second-order valence-corrected chi connectivity index (χ2v) is 25.6. The van der Waals surface area contributed by atoms with Crippen LogP contribution >= 0.6 is 0 Å². The van der Waals surface area contributed by atoms with E-state index in [9.17, 15) is 10.2 Å². The van der Waals surface area contributed by atoms with Crippen molar-refractivity contribution in [2.24, 2.45) is 23.7 Å². The van der Waals surface area contributed by atoms with Gasteiger partial charge < -0.3 is 19.7 Å². The van der Waals surface area contributed by atoms with E-state index in [0.717, 1.165) is 91.0 Å². The number of aryl methyl sites for hydroxylation is 6. The summed E-state index contributed by atoms with van der Waals surface area (Å²) < 4.78 is 44.2. The van der Waals surface area contributed by atoms with Crippen molar-refractivity contribution in [2.45, 2.75) is 129 Å². The Morgan fingerprint density at radius 2 is 0.639 bits per heavy atom. The maximum atomic E-state index is 15.6. The number of aromatic hydroxyl groups is 2. The van der Waals surface area contributed by atoms with Gasteiger partial charge in [-0.1, -0.05) is 104 Å². The van der Waals surface area contributed by atoms with Crippen LogP contribution in [0.1, 0.15) is 117 Å². The molecule has 10 rings (SSSR count). The zero-order valence-electron chi connectivity index (χ0n) is 51.3. The molecule has 0 bridgehead atoms. The molecule has 0 fully saturated rings. The lowest BCUT2D eigenvalue weighted by atomic mass is 9.84. The van der Waals surface area contributed by atoms with Gasteiger partial charge in [0.1, 0.15) is 34.6 Å². The van der Waals surface area contributed by atoms with Crippen molar-refractivity contribution in [3.05, 3.63) is 189 Å². The van der Waals surface area contributed by atoms with Crippen LogP contribution < -0.4 is 9.47 Å². The number of phenolic OH excluding ortho intramolecular Hbond substituents is 2. The standard InChI is InChI=1S/C77H82F2O4/c1-42(2)22-52-36-62-56(30-48(52)11)34-57-31-49(12)53(23-43(3)4)37-63(57)74(62)70-28-46(9)26-68(76(70)80)66-40-60(78)16-18-72(66)82-20-15-21-83-73-19-17-61(79)41-67(73)69-27-47(10)29-71(77(69)81)75-64-38-54(24-44(5)6)50(13)32-58(64)35-59-33-51(14)55(25-45(7)8)39-65(59)75/h16-19,26-45,80-81H,15,20-25H2,1-14H3. The number of hydrogen-bond donors (Lipinski definition) is 2. The van der Waals surface area contributed by atoms with Gasteiger partial charge >= 0.3 is 0 Å². The zero-order chi connectivity index (χ0) is 59.3. The second kappa shape index (κ2) is 23.9. The SMILES string of the molecule is Cc1cc(-c2cc(F)ccc2OCCCOc2ccc(F)cc2-c2cc(C)cc(-c3c4cc(CC(C)C)c(C)cc4cc4cc(C)c(CC(C)C)cc34)c2O)c(O)c(-c2c3cc(CC(C)C)c(C)cc3cc3cc(C)c(CC(C)C)cc23)c1. The smallest absolute Gasteiger partial charge is 0.131 e. The molecule has 0 amide bonds. The monoisotopic (exact) mass is 1110 g/mol. The molecule has 0 heterocycles. The molecule has 0 saturated carbocycles. The van der Waals surface area contributed by atoms with E-state index in [-0.39, 0.29) is 24.7 Å². The number of fused-ring (bicyclic) bond motifs is 4. The van der Waals surface area contributed by atoms with E-state index >= 15 is 8.78 Å². The van der Waals surface area contributed by atoms with Gasteiger partial charge in [-0.25, -0.2) is 8.78 Å². The van der Waals surface area contributed by atoms with Gasteiger partial charge in [0.2, 0.25) is 0 Å². The predicted octanol–water partition coefficient (Wildman–Crippen LogP) is 21.1. The molecule has 6 heteroatoms. The maximum absolute atomic E-state index is 15.6. The van der Waals surface area contributed by atoms with Crippen LogP contribution in [0.25, 0.3) is 87.6 Å². The highest BCUT2D eigenvalue weighted by Gasteiger charge is 2.25. The molecule has 0 aliphatic heterocycles. The summed E-state index contributed by atoms with van der Waals surface area (Å²) in [5.74, 6) is 1.88. The Hall–Kier alpha value is -7.70. The normalized spacial score (nSPS) is 12.0. The summed E-state index contributed by atoms with van der Waals surface area (Å²) in [6, 6.07) is 39.7. The summed E-state index contributed by atoms with van der Waals surface area (Å²) in [6.07, 6.45) is 4.13. The zero-order valence-corrected chi connectivity index (χ0v) is 51.3. The molecule has 0 spiro atoms. The fourth-order valence-electron chi connectivity index (χ4n) is 12.7. The minimum atomic E-state index is -0.451. The topological polar surface area (TPSA) is 58.9 Å². The van der Waals surface area contributed by atoms with E-state index in [1.165, 1.54) is 68.8 Å². The first-order chi connectivity index (χ1) is 39.5. The number of ether oxygens (including phenoxy) is 2. The summed E-state index contributed by atoms with van der Waals surface area (Å²) in [7, 11) is 0. The third-order valence-electron chi connectivity index (χ3n) is 16.6. The molecular weight excluding hydrogens is 1030 g/mol. The lowest BCUT2D eigenvalue weighted by Crippen LogP contribution is -2.06. The lowest BCUT2D eigenvalue weighted by molar-refractivity contribution is 0.248. The Bertz CT molecular complexity index is 3730. The van der Waals surface area contributed by atoms with Gasteiger partial charge in [-0.2, -0.15) is 0 Å². The van der Waals surface area contributed by atoms with Crippen molar-refractivity contribution in [3.63, 3.8) is 0 Å². The van der Waals surface area contributed by atoms with Gasteiger partial charge in [-0.3, -0.25) is 0 Å². The molecule has 0 aliphatic carbocycles. The molecule has 0 atom stereocenters. The molecule has 0 radical (unpaired) electrons. The van der Waals surface area contributed by atoms with Gasteiger partial charge in [0.05, 0.1) is 13.2 Å². The van der Waals surface area contributed by atoms with Gasteiger partial charge in [-0.05, 0) is 262 Å². The van der Waals surface area contributed by atoms with Crippen LogP contribution in [-0.4, -0.2) is 23.4 Å². The summed E-state index contributed by atoms with van der Waals surface area (Å²) in [6.45, 7) is 31.1. The molecule has 0 unspecified atom stereocenters. The highest BCUT2D eigenvalue weighted by atomic mass is 19.1. The Morgan fingerprint density at radius 3 is 0.928 bits per heavy atom. The number of rotatable bonds is 18. The van der Waals surface area contributed by atoms with E-state index in [2.05, 4.69) is 156 Å². The third kappa shape index (κ3) is 12.2. The van der Waals surface area contributed by atoms with Crippen LogP contribution in [0.2, 0.25) is 0 Å². The molecule has 0 saturated heterocycles. The van der Waals surface area contributed by atoms with E-state index in [1.807, 2.05) is 26.0 Å². The highest BCUT2D eigenvalue weighted by Crippen LogP contribution is 2.50. The Labute approximate surface area is 491 Å². The highest BCUT2D eigenvalue weighted by molar-refractivity contribution is 6.16. The number of benzene rings is 10. The molecule has 10 aromatic rings. The maximum Gasteiger partial charge on any atom is 0.131 e. The van der Waals surface area contributed by atoms with Crippen LogP contribution in [0, 0.1) is 76.8 Å². The van der Waals surface area contributed by atoms with Crippen LogP contribution in [0.3, 0.4) is 0 Å². The van der Waals surface area contributed by atoms with E-state index in [0.29, 0.717) is 75.0 Å². The van der Waals surface area contributed by atoms with Crippen molar-refractivity contribution in [2.75, 3.05) is 13.2 Å². The van der Waals surface area contributed by atoms with Crippen LogP contribution in [0.5, 0.6) is 23.0 Å². The first-order valence-electron chi connectivity index (χ1n) is 30.0. The fourth-order valence-corrected chi connectivity index (χ4v) is 12.7. The molecule has 428 valence electrons. The van der Waals surface area contributed by atoms with Crippen molar-refractivity contribution in [1.82, 2.24) is 0 Å². The largest absolute Gasteiger partial charge is 0.507 e. The van der Waals surface area contributed by atoms with Crippen molar-refractivity contribution >= 4 is 43.1 Å². The Balaban J connectivity index is 0.983. The van der Waals surface area contributed by atoms with Gasteiger partial charge in [-0.15, -0.1) is 0 Å². The van der Waals surface area contributed by atoms with Gasteiger partial charge in [0.15, 0.2) is 0 Å². The summed E-state index contributed by atoms with van der Waals surface area (Å²) in [5.41, 5.74) is 17.0. The average molecular weight is 1110 g/mol. The van der Waals surface area contributed by atoms with E-state index in [4.69, 9.17) is 9.47 Å². The second-order valence-electron chi connectivity index (χ2n) is 25.6. The van der Waals surface area contributed by atoms with Gasteiger partial charge in [0.25, 0.3) is 0 Å². The molecule has 4 nitrogen and oxygen atoms in total. The van der Waals surface area contributed by atoms with E-state index < -0.39 is 11.6 Å². The molecule has 0 aromatic heterocycles. The third-order valence-corrected chi connectivity index (χ3v) is 16.6. The molecular formula is C77H82F2O4. The number of phenols is 2. The van der Waals surface area contributed by atoms with Crippen LogP contribution in [0.4, 0.5) is 8.78 Å². The van der Waals surface area contributed by atoms with Crippen molar-refractivity contribution in [3.8, 4) is 67.5 Å². The summed E-state index contributed by atoms with van der Waals surface area (Å²) >= 11 is 0. The van der Waals surface area contributed by atoms with Crippen LogP contribution in [-0.2, 0) is 25.7 Å². The Morgan fingerprint density at radius 1 is 0.349 bits per heavy atom. The molecule has 83 heavy (non-hydrogen) atoms. The molecule has 0 aliphatic rings. The minimum Gasteiger partial charge on any atom is -0.507 e. The average Bonchev–Trinajstić information content (AvgIpc) is 2.47. The van der Waals surface area contributed by atoms with E-state index in [1.54, 1.807) is 12.1 Å². The summed E-state index contributed by atoms with van der Waals surface area (Å²) in [5, 5.41) is 34.2. The Kier molecular flexibility index (Phi) is 16.8. The van der Waals surface area contributed by atoms with Crippen molar-refractivity contribution < 1.29 is 28.5 Å². The number of halogens is 2. The van der Waals surface area contributed by atoms with Gasteiger partial charge in [0, 0.05) is 50.9 Å². The first-order valence-corrected chi connectivity index (χ1v) is 30.0. The molecule has 2 N–H and O–H groups in total. The lowest BCUT2D eigenvalue weighted by Gasteiger charge is -2.21. The summed E-state index contributed by atoms with van der Waals surface area (Å²) in [4.78, 5) is 0. The predicted molar refractivity (Wildman–Crippen MR) is 346 cm³/mol.